The van der Waals surface area contributed by atoms with Gasteiger partial charge in [-0.1, -0.05) is 30.0 Å². The Kier molecular flexibility index (Phi) is 3.81. The molecule has 86 valence electrons. The van der Waals surface area contributed by atoms with Gasteiger partial charge < -0.3 is 5.32 Å². The van der Waals surface area contributed by atoms with E-state index in [0.29, 0.717) is 6.42 Å². The van der Waals surface area contributed by atoms with Crippen molar-refractivity contribution >= 4 is 0 Å². The molecule has 0 aliphatic carbocycles. The first kappa shape index (κ1) is 11.7. The van der Waals surface area contributed by atoms with Crippen molar-refractivity contribution < 1.29 is 0 Å². The number of hydrogen-bond donors (Lipinski definition) is 1. The Morgan fingerprint density at radius 3 is 2.76 bits per heavy atom. The molecule has 1 heterocycles. The van der Waals surface area contributed by atoms with E-state index in [4.69, 9.17) is 0 Å². The second-order valence-electron chi connectivity index (χ2n) is 4.52. The molecule has 1 saturated heterocycles. The lowest BCUT2D eigenvalue weighted by Crippen LogP contribution is -2.38. The molecule has 0 amide bonds. The van der Waals surface area contributed by atoms with Crippen molar-refractivity contribution in [2.45, 2.75) is 19.3 Å². The summed E-state index contributed by atoms with van der Waals surface area (Å²) in [5, 5.41) is 12.6. The van der Waals surface area contributed by atoms with Crippen LogP contribution in [0.1, 0.15) is 24.8 Å². The predicted octanol–water partition coefficient (Wildman–Crippen LogP) is 2.32. The quantitative estimate of drug-likeness (QED) is 0.743. The topological polar surface area (TPSA) is 35.8 Å². The highest BCUT2D eigenvalue weighted by Gasteiger charge is 2.30. The Morgan fingerprint density at radius 1 is 1.29 bits per heavy atom. The third-order valence-corrected chi connectivity index (χ3v) is 3.14. The zero-order valence-electron chi connectivity index (χ0n) is 9.87. The van der Waals surface area contributed by atoms with Crippen LogP contribution in [0.5, 0.6) is 0 Å². The maximum Gasteiger partial charge on any atom is 0.0807 e. The molecule has 2 rings (SSSR count). The molecule has 2 nitrogen and oxygen atoms in total. The summed E-state index contributed by atoms with van der Waals surface area (Å²) in [6, 6.07) is 12.4. The summed E-state index contributed by atoms with van der Waals surface area (Å²) < 4.78 is 0. The molecule has 1 fully saturated rings. The summed E-state index contributed by atoms with van der Waals surface area (Å²) in [7, 11) is 0. The van der Waals surface area contributed by atoms with Crippen molar-refractivity contribution in [1.29, 1.82) is 5.26 Å². The lowest BCUT2D eigenvalue weighted by Gasteiger charge is -2.29. The third kappa shape index (κ3) is 3.09. The van der Waals surface area contributed by atoms with Crippen LogP contribution in [0.2, 0.25) is 0 Å². The molecule has 0 radical (unpaired) electrons. The molecule has 1 aromatic rings. The zero-order valence-corrected chi connectivity index (χ0v) is 9.87. The van der Waals surface area contributed by atoms with Crippen LogP contribution < -0.4 is 5.32 Å². The standard InChI is InChI=1S/C15H16N2/c16-12-15(10-5-11-17-13-15)9-4-8-14-6-2-1-3-7-14/h1-3,6-7,17H,5,9-11,13H2. The van der Waals surface area contributed by atoms with E-state index in [1.807, 2.05) is 30.3 Å². The van der Waals surface area contributed by atoms with Crippen molar-refractivity contribution in [3.8, 4) is 17.9 Å². The van der Waals surface area contributed by atoms with Gasteiger partial charge in [0.05, 0.1) is 11.5 Å². The second kappa shape index (κ2) is 5.53. The fourth-order valence-corrected chi connectivity index (χ4v) is 2.09. The van der Waals surface area contributed by atoms with Crippen LogP contribution in [0.25, 0.3) is 0 Å². The summed E-state index contributed by atoms with van der Waals surface area (Å²) >= 11 is 0. The summed E-state index contributed by atoms with van der Waals surface area (Å²) in [5.74, 6) is 6.27. The molecule has 1 N–H and O–H groups in total. The minimum Gasteiger partial charge on any atom is -0.315 e. The maximum absolute atomic E-state index is 9.28. The fraction of sp³-hybridized carbons (Fsp3) is 0.400. The van der Waals surface area contributed by atoms with E-state index >= 15 is 0 Å². The van der Waals surface area contributed by atoms with Crippen LogP contribution in [0.15, 0.2) is 30.3 Å². The van der Waals surface area contributed by atoms with Gasteiger partial charge in [0.2, 0.25) is 0 Å². The first-order valence-electron chi connectivity index (χ1n) is 6.01. The predicted molar refractivity (Wildman–Crippen MR) is 68.1 cm³/mol. The van der Waals surface area contributed by atoms with E-state index in [2.05, 4.69) is 23.2 Å². The van der Waals surface area contributed by atoms with Gasteiger partial charge in [0.15, 0.2) is 0 Å². The van der Waals surface area contributed by atoms with Crippen molar-refractivity contribution in [2.75, 3.05) is 13.1 Å². The Balaban J connectivity index is 2.02. The second-order valence-corrected chi connectivity index (χ2v) is 4.52. The van der Waals surface area contributed by atoms with Gasteiger partial charge in [-0.3, -0.25) is 0 Å². The van der Waals surface area contributed by atoms with E-state index in [9.17, 15) is 5.26 Å². The molecule has 1 aliphatic heterocycles. The highest BCUT2D eigenvalue weighted by Crippen LogP contribution is 2.28. The minimum absolute atomic E-state index is 0.278. The molecule has 1 aliphatic rings. The molecule has 0 saturated carbocycles. The summed E-state index contributed by atoms with van der Waals surface area (Å²) in [6.07, 6.45) is 2.69. The molecule has 2 heteroatoms. The van der Waals surface area contributed by atoms with Crippen molar-refractivity contribution in [3.05, 3.63) is 35.9 Å². The van der Waals surface area contributed by atoms with Crippen molar-refractivity contribution in [2.24, 2.45) is 5.41 Å². The first-order valence-corrected chi connectivity index (χ1v) is 6.01. The smallest absolute Gasteiger partial charge is 0.0807 e. The van der Waals surface area contributed by atoms with Crippen LogP contribution in [-0.2, 0) is 0 Å². The molecular formula is C15H16N2. The van der Waals surface area contributed by atoms with E-state index < -0.39 is 0 Å². The number of benzene rings is 1. The molecule has 1 atom stereocenters. The van der Waals surface area contributed by atoms with Crippen LogP contribution in [0.3, 0.4) is 0 Å². The number of nitriles is 1. The van der Waals surface area contributed by atoms with Crippen LogP contribution >= 0.6 is 0 Å². The molecule has 0 bridgehead atoms. The number of rotatable bonds is 1. The third-order valence-electron chi connectivity index (χ3n) is 3.14. The largest absolute Gasteiger partial charge is 0.315 e. The monoisotopic (exact) mass is 224 g/mol. The molecule has 0 aromatic heterocycles. The van der Waals surface area contributed by atoms with Gasteiger partial charge in [0, 0.05) is 18.5 Å². The highest BCUT2D eigenvalue weighted by atomic mass is 14.9. The fourth-order valence-electron chi connectivity index (χ4n) is 2.09. The van der Waals surface area contributed by atoms with Crippen LogP contribution in [0, 0.1) is 28.6 Å². The molecule has 0 spiro atoms. The van der Waals surface area contributed by atoms with Gasteiger partial charge in [-0.2, -0.15) is 5.26 Å². The summed E-state index contributed by atoms with van der Waals surface area (Å²) in [6.45, 7) is 1.79. The minimum atomic E-state index is -0.278. The van der Waals surface area contributed by atoms with Gasteiger partial charge in [-0.25, -0.2) is 0 Å². The van der Waals surface area contributed by atoms with Crippen LogP contribution in [-0.4, -0.2) is 13.1 Å². The summed E-state index contributed by atoms with van der Waals surface area (Å²) in [5.41, 5.74) is 0.740. The van der Waals surface area contributed by atoms with Gasteiger partial charge in [0.1, 0.15) is 0 Å². The van der Waals surface area contributed by atoms with E-state index in [1.165, 1.54) is 0 Å². The molecule has 1 aromatic carbocycles. The van der Waals surface area contributed by atoms with Gasteiger partial charge in [-0.15, -0.1) is 0 Å². The SMILES string of the molecule is N#CC1(CC#Cc2ccccc2)CCCNC1. The normalized spacial score (nSPS) is 23.2. The van der Waals surface area contributed by atoms with Crippen LogP contribution in [0.4, 0.5) is 0 Å². The first-order chi connectivity index (χ1) is 8.35. The average molecular weight is 224 g/mol. The Bertz CT molecular complexity index is 453. The highest BCUT2D eigenvalue weighted by molar-refractivity contribution is 5.34. The lowest BCUT2D eigenvalue weighted by molar-refractivity contribution is 0.294. The van der Waals surface area contributed by atoms with Gasteiger partial charge in [0.25, 0.3) is 0 Å². The zero-order chi connectivity index (χ0) is 12.0. The number of hydrogen-bond acceptors (Lipinski definition) is 2. The van der Waals surface area contributed by atoms with Crippen molar-refractivity contribution in [3.63, 3.8) is 0 Å². The molecule has 1 unspecified atom stereocenters. The van der Waals surface area contributed by atoms with Gasteiger partial charge in [-0.05, 0) is 31.5 Å². The lowest BCUT2D eigenvalue weighted by atomic mass is 9.79. The van der Waals surface area contributed by atoms with E-state index in [1.54, 1.807) is 0 Å². The van der Waals surface area contributed by atoms with Gasteiger partial charge >= 0.3 is 0 Å². The number of piperidine rings is 1. The Labute approximate surface area is 103 Å². The molecular weight excluding hydrogens is 208 g/mol. The van der Waals surface area contributed by atoms with E-state index in [-0.39, 0.29) is 5.41 Å². The number of nitrogens with one attached hydrogen (secondary N) is 1. The Morgan fingerprint density at radius 2 is 2.12 bits per heavy atom. The van der Waals surface area contributed by atoms with E-state index in [0.717, 1.165) is 31.5 Å². The summed E-state index contributed by atoms with van der Waals surface area (Å²) in [4.78, 5) is 0. The Hall–Kier alpha value is -1.77. The average Bonchev–Trinajstić information content (AvgIpc) is 2.41. The molecule has 17 heavy (non-hydrogen) atoms. The van der Waals surface area contributed by atoms with Crippen molar-refractivity contribution in [1.82, 2.24) is 5.32 Å². The number of nitrogens with zero attached hydrogens (tertiary/aromatic N) is 1. The maximum atomic E-state index is 9.28.